The molecule has 0 unspecified atom stereocenters. The number of nitrogens with zero attached hydrogens (tertiary/aromatic N) is 1. The number of aliphatic hydroxyl groups excluding tert-OH is 1. The number of benzene rings is 3. The summed E-state index contributed by atoms with van der Waals surface area (Å²) >= 11 is 8.16. The number of carboxylic acids is 1. The van der Waals surface area contributed by atoms with E-state index in [0.29, 0.717) is 30.5 Å². The minimum atomic E-state index is -0.797. The molecule has 0 saturated heterocycles. The van der Waals surface area contributed by atoms with E-state index in [9.17, 15) is 9.90 Å². The molecule has 1 aliphatic carbocycles. The topological polar surface area (TPSA) is 72.8 Å². The highest BCUT2D eigenvalue weighted by atomic mass is 35.5. The smallest absolute Gasteiger partial charge is 0.303 e. The molecule has 3 aromatic rings. The van der Waals surface area contributed by atoms with Gasteiger partial charge in [-0.25, -0.2) is 4.31 Å². The van der Waals surface area contributed by atoms with Crippen molar-refractivity contribution in [2.75, 3.05) is 20.1 Å². The average Bonchev–Trinajstić information content (AvgIpc) is 3.29. The average molecular weight is 567 g/mol. The van der Waals surface area contributed by atoms with Crippen molar-refractivity contribution < 1.29 is 15.0 Å². The van der Waals surface area contributed by atoms with Crippen molar-refractivity contribution in [1.29, 1.82) is 0 Å². The number of carbonyl (C=O) groups is 1. The van der Waals surface area contributed by atoms with Crippen molar-refractivity contribution >= 4 is 29.5 Å². The van der Waals surface area contributed by atoms with E-state index in [0.717, 1.165) is 40.8 Å². The van der Waals surface area contributed by atoms with Crippen molar-refractivity contribution in [2.24, 2.45) is 5.92 Å². The first-order valence-electron chi connectivity index (χ1n) is 13.6. The minimum absolute atomic E-state index is 0.0521. The number of aliphatic carboxylic acids is 1. The highest BCUT2D eigenvalue weighted by Gasteiger charge is 2.28. The summed E-state index contributed by atoms with van der Waals surface area (Å²) in [5.74, 6) is -0.161. The van der Waals surface area contributed by atoms with Crippen LogP contribution in [0.15, 0.2) is 71.6 Å². The molecule has 0 radical (unpaired) electrons. The Morgan fingerprint density at radius 1 is 1.08 bits per heavy atom. The van der Waals surface area contributed by atoms with E-state index in [1.807, 2.05) is 53.8 Å². The number of rotatable bonds is 13. The fraction of sp³-hybridized carbons (Fsp3) is 0.406. The SMILES string of the molecule is CN(C[C@H](O)CNC(C)(C)CC1Cc2ccccc2C1)Sc1ccc(-c2cccc(CCC(=O)O)c2)cc1Cl. The first-order chi connectivity index (χ1) is 18.6. The third-order valence-corrected chi connectivity index (χ3v) is 8.73. The molecule has 39 heavy (non-hydrogen) atoms. The predicted molar refractivity (Wildman–Crippen MR) is 161 cm³/mol. The zero-order valence-corrected chi connectivity index (χ0v) is 24.6. The molecule has 0 aliphatic heterocycles. The molecule has 0 bridgehead atoms. The summed E-state index contributed by atoms with van der Waals surface area (Å²) in [7, 11) is 1.96. The van der Waals surface area contributed by atoms with Gasteiger partial charge in [0.25, 0.3) is 0 Å². The quantitative estimate of drug-likeness (QED) is 0.205. The lowest BCUT2D eigenvalue weighted by Crippen LogP contribution is -2.46. The van der Waals surface area contributed by atoms with Gasteiger partial charge in [-0.15, -0.1) is 0 Å². The number of aryl methyl sites for hydroxylation is 1. The molecule has 208 valence electrons. The fourth-order valence-corrected chi connectivity index (χ4v) is 6.60. The van der Waals surface area contributed by atoms with Gasteiger partial charge < -0.3 is 15.5 Å². The van der Waals surface area contributed by atoms with Crippen LogP contribution in [0, 0.1) is 5.92 Å². The zero-order chi connectivity index (χ0) is 28.0. The van der Waals surface area contributed by atoms with Crippen molar-refractivity contribution in [3.63, 3.8) is 0 Å². The summed E-state index contributed by atoms with van der Waals surface area (Å²) in [6.45, 7) is 5.49. The molecular formula is C32H39ClN2O3S. The van der Waals surface area contributed by atoms with Gasteiger partial charge in [0.1, 0.15) is 0 Å². The van der Waals surface area contributed by atoms with Gasteiger partial charge in [0.05, 0.1) is 11.1 Å². The summed E-state index contributed by atoms with van der Waals surface area (Å²) < 4.78 is 2.01. The minimum Gasteiger partial charge on any atom is -0.481 e. The largest absolute Gasteiger partial charge is 0.481 e. The van der Waals surface area contributed by atoms with Crippen LogP contribution in [0.4, 0.5) is 0 Å². The molecule has 3 N–H and O–H groups in total. The van der Waals surface area contributed by atoms with Crippen LogP contribution in [0.3, 0.4) is 0 Å². The third-order valence-electron chi connectivity index (χ3n) is 7.29. The molecule has 0 heterocycles. The fourth-order valence-electron chi connectivity index (χ4n) is 5.46. The van der Waals surface area contributed by atoms with Crippen LogP contribution >= 0.6 is 23.5 Å². The van der Waals surface area contributed by atoms with Gasteiger partial charge in [0.2, 0.25) is 0 Å². The number of likely N-dealkylation sites (N-methyl/N-ethyl adjacent to an activating group) is 1. The third kappa shape index (κ3) is 8.82. The van der Waals surface area contributed by atoms with Crippen LogP contribution in [0.1, 0.15) is 43.4 Å². The first-order valence-corrected chi connectivity index (χ1v) is 14.7. The predicted octanol–water partition coefficient (Wildman–Crippen LogP) is 6.50. The summed E-state index contributed by atoms with van der Waals surface area (Å²) in [4.78, 5) is 11.8. The molecule has 1 aliphatic rings. The number of nitrogens with one attached hydrogen (secondary N) is 1. The number of aliphatic hydroxyl groups is 1. The van der Waals surface area contributed by atoms with Crippen LogP contribution in [0.25, 0.3) is 11.1 Å². The maximum atomic E-state index is 10.9. The molecule has 0 spiro atoms. The Balaban J connectivity index is 1.25. The number of hydrogen-bond donors (Lipinski definition) is 3. The second-order valence-electron chi connectivity index (χ2n) is 11.3. The number of fused-ring (bicyclic) bond motifs is 1. The van der Waals surface area contributed by atoms with Crippen molar-refractivity contribution in [1.82, 2.24) is 9.62 Å². The maximum absolute atomic E-state index is 10.9. The second-order valence-corrected chi connectivity index (χ2v) is 13.0. The van der Waals surface area contributed by atoms with Crippen LogP contribution in [0.5, 0.6) is 0 Å². The summed E-state index contributed by atoms with van der Waals surface area (Å²) in [6, 6.07) is 22.6. The molecule has 0 fully saturated rings. The summed E-state index contributed by atoms with van der Waals surface area (Å²) in [5, 5.41) is 23.9. The second kappa shape index (κ2) is 13.3. The Kier molecular flexibility index (Phi) is 10.1. The maximum Gasteiger partial charge on any atom is 0.303 e. The molecule has 4 rings (SSSR count). The van der Waals surface area contributed by atoms with Crippen molar-refractivity contribution in [3.05, 3.63) is 88.4 Å². The normalized spacial score (nSPS) is 14.5. The standard InChI is InChI=1S/C32H39ClN2O3S/c1-32(2,19-23-16-24-8-4-5-9-25(24)17-23)34-20-28(36)21-35(3)39-30-13-12-27(18-29(30)33)26-10-6-7-22(15-26)11-14-31(37)38/h4-10,12-13,15,18,23,28,34,36H,11,14,16-17,19-21H2,1-3H3,(H,37,38)/t28-/m1/s1. The Labute approximate surface area is 241 Å². The van der Waals surface area contributed by atoms with Crippen molar-refractivity contribution in [3.8, 4) is 11.1 Å². The first kappa shape index (κ1) is 29.6. The number of β-amino-alcohol motifs (C(OH)–C–C–N with tert-alkyl or cyclic N) is 1. The molecule has 0 aromatic heterocycles. The number of carboxylic acid groups (broad SMARTS) is 1. The van der Waals surface area contributed by atoms with Gasteiger partial charge in [-0.05, 0) is 104 Å². The molecule has 1 atom stereocenters. The van der Waals surface area contributed by atoms with E-state index in [2.05, 4.69) is 43.4 Å². The van der Waals surface area contributed by atoms with Gasteiger partial charge in [0, 0.05) is 29.9 Å². The molecular weight excluding hydrogens is 528 g/mol. The van der Waals surface area contributed by atoms with Crippen LogP contribution in [-0.4, -0.2) is 52.3 Å². The number of halogens is 1. The Morgan fingerprint density at radius 3 is 2.44 bits per heavy atom. The van der Waals surface area contributed by atoms with Crippen LogP contribution < -0.4 is 5.32 Å². The lowest BCUT2D eigenvalue weighted by atomic mass is 9.88. The molecule has 0 amide bonds. The molecule has 7 heteroatoms. The van der Waals surface area contributed by atoms with E-state index in [-0.39, 0.29) is 12.0 Å². The van der Waals surface area contributed by atoms with E-state index >= 15 is 0 Å². The van der Waals surface area contributed by atoms with Gasteiger partial charge >= 0.3 is 5.97 Å². The molecule has 3 aromatic carbocycles. The monoisotopic (exact) mass is 566 g/mol. The van der Waals surface area contributed by atoms with Crippen LogP contribution in [0.2, 0.25) is 5.02 Å². The van der Waals surface area contributed by atoms with Crippen molar-refractivity contribution in [2.45, 2.75) is 62.5 Å². The van der Waals surface area contributed by atoms with Gasteiger partial charge in [-0.3, -0.25) is 4.79 Å². The summed E-state index contributed by atoms with van der Waals surface area (Å²) in [6.07, 6.45) is 3.45. The van der Waals surface area contributed by atoms with Gasteiger partial charge in [-0.2, -0.15) is 0 Å². The Morgan fingerprint density at radius 2 is 1.77 bits per heavy atom. The highest BCUT2D eigenvalue weighted by Crippen LogP contribution is 2.34. The summed E-state index contributed by atoms with van der Waals surface area (Å²) in [5.41, 5.74) is 5.89. The lowest BCUT2D eigenvalue weighted by molar-refractivity contribution is -0.136. The Hall–Kier alpha value is -2.35. The van der Waals surface area contributed by atoms with E-state index in [1.165, 1.54) is 23.1 Å². The lowest BCUT2D eigenvalue weighted by Gasteiger charge is -2.31. The highest BCUT2D eigenvalue weighted by molar-refractivity contribution is 7.97. The Bertz CT molecular complexity index is 1260. The molecule has 0 saturated carbocycles. The van der Waals surface area contributed by atoms with Gasteiger partial charge in [-0.1, -0.05) is 66.2 Å². The van der Waals surface area contributed by atoms with E-state index < -0.39 is 12.1 Å². The van der Waals surface area contributed by atoms with E-state index in [1.54, 1.807) is 0 Å². The van der Waals surface area contributed by atoms with Crippen LogP contribution in [-0.2, 0) is 24.1 Å². The van der Waals surface area contributed by atoms with E-state index in [4.69, 9.17) is 16.7 Å². The van der Waals surface area contributed by atoms with Gasteiger partial charge in [0.15, 0.2) is 0 Å². The molecule has 5 nitrogen and oxygen atoms in total. The number of hydrogen-bond acceptors (Lipinski definition) is 5. The zero-order valence-electron chi connectivity index (χ0n) is 23.0.